The first-order chi connectivity index (χ1) is 34.5. The number of carbonyl (C=O) groups is 2. The van der Waals surface area contributed by atoms with Gasteiger partial charge in [0.15, 0.2) is 0 Å². The fourth-order valence-electron chi connectivity index (χ4n) is 9.64. The maximum atomic E-state index is 13.4. The van der Waals surface area contributed by atoms with Crippen LogP contribution in [0.4, 0.5) is 0 Å². The Kier molecular flexibility index (Phi) is 19.4. The van der Waals surface area contributed by atoms with E-state index in [1.54, 1.807) is 6.33 Å². The molecule has 0 N–H and O–H groups in total. The topological polar surface area (TPSA) is 105 Å². The van der Waals surface area contributed by atoms with Crippen LogP contribution in [0.5, 0.6) is 0 Å². The highest BCUT2D eigenvalue weighted by atomic mass is 16.5. The number of rotatable bonds is 23. The Morgan fingerprint density at radius 1 is 0.521 bits per heavy atom. The molecule has 2 atom stereocenters. The summed E-state index contributed by atoms with van der Waals surface area (Å²) in [6.07, 6.45) is 5.87. The van der Waals surface area contributed by atoms with E-state index >= 15 is 0 Å². The summed E-state index contributed by atoms with van der Waals surface area (Å²) in [7, 11) is 0. The average Bonchev–Trinajstić information content (AvgIpc) is 3.82. The van der Waals surface area contributed by atoms with Gasteiger partial charge in [0.1, 0.15) is 6.54 Å². The van der Waals surface area contributed by atoms with E-state index < -0.39 is 0 Å². The molecule has 5 aromatic rings. The molecule has 2 unspecified atom stereocenters. The maximum absolute atomic E-state index is 13.4. The Hall–Kier alpha value is -5.25. The van der Waals surface area contributed by atoms with E-state index in [4.69, 9.17) is 18.9 Å². The van der Waals surface area contributed by atoms with Crippen LogP contribution in [0.15, 0.2) is 110 Å². The van der Waals surface area contributed by atoms with Crippen LogP contribution in [0.3, 0.4) is 0 Å². The Morgan fingerprint density at radius 3 is 1.61 bits per heavy atom. The first kappa shape index (κ1) is 52.1. The monoisotopic (exact) mass is 968 g/mol. The number of morpholine rings is 1. The molecule has 0 saturated carbocycles. The lowest BCUT2D eigenvalue weighted by Crippen LogP contribution is -2.49. The third-order valence-electron chi connectivity index (χ3n) is 13.8. The molecule has 8 rings (SSSR count). The summed E-state index contributed by atoms with van der Waals surface area (Å²) in [6.45, 7) is 23.0. The van der Waals surface area contributed by atoms with Crippen molar-refractivity contribution in [1.82, 2.24) is 34.1 Å². The Balaban J connectivity index is 0.682. The van der Waals surface area contributed by atoms with Crippen LogP contribution >= 0.6 is 0 Å². The van der Waals surface area contributed by atoms with Crippen molar-refractivity contribution < 1.29 is 28.5 Å². The second-order valence-electron chi connectivity index (χ2n) is 20.2. The summed E-state index contributed by atoms with van der Waals surface area (Å²) in [4.78, 5) is 42.5. The minimum absolute atomic E-state index is 0.00414. The van der Waals surface area contributed by atoms with Crippen LogP contribution in [0, 0.1) is 0 Å². The van der Waals surface area contributed by atoms with Crippen LogP contribution < -0.4 is 0 Å². The van der Waals surface area contributed by atoms with Gasteiger partial charge in [-0.1, -0.05) is 97.1 Å². The fourth-order valence-corrected chi connectivity index (χ4v) is 9.64. The molecule has 0 radical (unpaired) electrons. The van der Waals surface area contributed by atoms with Gasteiger partial charge in [-0.05, 0) is 78.6 Å². The van der Waals surface area contributed by atoms with E-state index in [1.165, 1.54) is 27.8 Å². The Bertz CT molecular complexity index is 2400. The largest absolute Gasteiger partial charge is 0.379 e. The second-order valence-corrected chi connectivity index (χ2v) is 20.2. The summed E-state index contributed by atoms with van der Waals surface area (Å²) in [6, 6.07) is 34.5. The second kappa shape index (κ2) is 26.4. The van der Waals surface area contributed by atoms with Crippen molar-refractivity contribution in [3.8, 4) is 0 Å². The molecule has 3 aliphatic heterocycles. The van der Waals surface area contributed by atoms with Gasteiger partial charge >= 0.3 is 0 Å². The van der Waals surface area contributed by atoms with Crippen molar-refractivity contribution in [2.45, 2.75) is 111 Å². The molecule has 2 amide bonds. The van der Waals surface area contributed by atoms with Crippen molar-refractivity contribution in [2.24, 2.45) is 0 Å². The highest BCUT2D eigenvalue weighted by molar-refractivity contribution is 5.79. The van der Waals surface area contributed by atoms with Crippen LogP contribution in [0.1, 0.15) is 77.9 Å². The number of ether oxygens (including phenoxy) is 4. The molecular formula is C58H77N7O6. The molecule has 1 aromatic heterocycles. The number of piperazine rings is 2. The number of imidazole rings is 1. The summed E-state index contributed by atoms with van der Waals surface area (Å²) in [5, 5.41) is 0. The molecule has 3 aliphatic rings. The third kappa shape index (κ3) is 16.9. The van der Waals surface area contributed by atoms with Gasteiger partial charge < -0.3 is 33.3 Å². The molecule has 13 heteroatoms. The number of carbonyl (C=O) groups excluding carboxylic acids is 2. The predicted octanol–water partition coefficient (Wildman–Crippen LogP) is 7.17. The SMILES string of the molecule is CC(C)OCc1cccc(CN2CCN(C(=O)Cc3cccc(CC(C)OCc4ccc(CN5CCN(C(=O)Cn6cnc(CC(C)OCc7ccc(CN8CCOCC8)cc7)c6)CC5)cc4)c3)CC2)c1. The third-order valence-corrected chi connectivity index (χ3v) is 13.8. The quantitative estimate of drug-likeness (QED) is 0.0670. The van der Waals surface area contributed by atoms with Gasteiger partial charge in [-0.25, -0.2) is 4.98 Å². The van der Waals surface area contributed by atoms with Gasteiger partial charge in [0, 0.05) is 97.7 Å². The number of benzene rings is 4. The first-order valence-electron chi connectivity index (χ1n) is 26.0. The lowest BCUT2D eigenvalue weighted by Gasteiger charge is -2.35. The van der Waals surface area contributed by atoms with E-state index in [1.807, 2.05) is 20.6 Å². The summed E-state index contributed by atoms with van der Waals surface area (Å²) < 4.78 is 25.6. The van der Waals surface area contributed by atoms with Crippen LogP contribution in [-0.2, 0) is 93.8 Å². The smallest absolute Gasteiger partial charge is 0.242 e. The molecular weight excluding hydrogens is 891 g/mol. The van der Waals surface area contributed by atoms with Gasteiger partial charge in [-0.2, -0.15) is 0 Å². The van der Waals surface area contributed by atoms with Crippen molar-refractivity contribution in [1.29, 1.82) is 0 Å². The van der Waals surface area contributed by atoms with E-state index in [2.05, 4.69) is 144 Å². The summed E-state index contributed by atoms with van der Waals surface area (Å²) in [5.41, 5.74) is 10.5. The molecule has 4 aromatic carbocycles. The minimum Gasteiger partial charge on any atom is -0.379 e. The molecule has 4 heterocycles. The zero-order chi connectivity index (χ0) is 49.4. The van der Waals surface area contributed by atoms with Crippen LogP contribution in [0.25, 0.3) is 0 Å². The molecule has 0 bridgehead atoms. The van der Waals surface area contributed by atoms with E-state index in [0.717, 1.165) is 114 Å². The lowest BCUT2D eigenvalue weighted by atomic mass is 10.0. The zero-order valence-electron chi connectivity index (χ0n) is 42.8. The highest BCUT2D eigenvalue weighted by Gasteiger charge is 2.24. The highest BCUT2D eigenvalue weighted by Crippen LogP contribution is 2.18. The van der Waals surface area contributed by atoms with Crippen molar-refractivity contribution in [3.63, 3.8) is 0 Å². The van der Waals surface area contributed by atoms with Crippen molar-refractivity contribution in [2.75, 3.05) is 78.7 Å². The lowest BCUT2D eigenvalue weighted by molar-refractivity contribution is -0.134. The number of hydrogen-bond donors (Lipinski definition) is 0. The predicted molar refractivity (Wildman–Crippen MR) is 277 cm³/mol. The number of amides is 2. The van der Waals surface area contributed by atoms with Crippen molar-refractivity contribution >= 4 is 11.8 Å². The van der Waals surface area contributed by atoms with Crippen molar-refractivity contribution in [3.05, 3.63) is 160 Å². The van der Waals surface area contributed by atoms with Gasteiger partial charge in [0.05, 0.1) is 69.8 Å². The van der Waals surface area contributed by atoms with Gasteiger partial charge in [0.2, 0.25) is 11.8 Å². The zero-order valence-corrected chi connectivity index (χ0v) is 42.8. The van der Waals surface area contributed by atoms with Crippen LogP contribution in [-0.4, -0.2) is 143 Å². The van der Waals surface area contributed by atoms with Gasteiger partial charge in [0.25, 0.3) is 0 Å². The standard InChI is InChI=1S/C58H77N7O6/c1-45(2)69-43-55-10-6-9-54(34-55)38-61-19-23-64(24-20-61)57(66)35-53-8-5-7-52(33-53)31-46(3)70-41-50-15-11-48(12-16-50)36-60-21-25-65(26-22-60)58(67)40-63-39-56(59-44-63)32-47(4)71-42-51-17-13-49(14-18-51)37-62-27-29-68-30-28-62/h5-18,33-34,39,44-47H,19-32,35-38,40-43H2,1-4H3. The molecule has 0 aliphatic carbocycles. The normalized spacial score (nSPS) is 17.2. The molecule has 3 fully saturated rings. The van der Waals surface area contributed by atoms with E-state index in [9.17, 15) is 9.59 Å². The molecule has 380 valence electrons. The molecule has 71 heavy (non-hydrogen) atoms. The number of aromatic nitrogens is 2. The number of hydrogen-bond acceptors (Lipinski definition) is 10. The van der Waals surface area contributed by atoms with E-state index in [-0.39, 0.29) is 30.1 Å². The Morgan fingerprint density at radius 2 is 1.00 bits per heavy atom. The Labute approximate surface area is 422 Å². The maximum Gasteiger partial charge on any atom is 0.242 e. The van der Waals surface area contributed by atoms with Gasteiger partial charge in [-0.3, -0.25) is 24.3 Å². The molecule has 13 nitrogen and oxygen atoms in total. The fraction of sp³-hybridized carbons (Fsp3) is 0.500. The number of nitrogens with zero attached hydrogens (tertiary/aromatic N) is 7. The minimum atomic E-state index is 0.00414. The summed E-state index contributed by atoms with van der Waals surface area (Å²) in [5.74, 6) is 0.316. The summed E-state index contributed by atoms with van der Waals surface area (Å²) >= 11 is 0. The molecule has 0 spiro atoms. The van der Waals surface area contributed by atoms with Crippen LogP contribution in [0.2, 0.25) is 0 Å². The first-order valence-corrected chi connectivity index (χ1v) is 26.0. The van der Waals surface area contributed by atoms with Gasteiger partial charge in [-0.15, -0.1) is 0 Å². The average molecular weight is 968 g/mol. The van der Waals surface area contributed by atoms with E-state index in [0.29, 0.717) is 52.3 Å². The molecule has 3 saturated heterocycles.